The first-order valence-electron chi connectivity index (χ1n) is 8.05. The fraction of sp³-hybridized carbons (Fsp3) is 0.316. The van der Waals surface area contributed by atoms with Crippen LogP contribution in [0.1, 0.15) is 41.1 Å². The van der Waals surface area contributed by atoms with Crippen molar-refractivity contribution in [1.82, 2.24) is 4.90 Å². The molecule has 1 atom stereocenters. The van der Waals surface area contributed by atoms with Gasteiger partial charge in [-0.05, 0) is 30.5 Å². The number of amides is 1. The predicted molar refractivity (Wildman–Crippen MR) is 85.3 cm³/mol. The van der Waals surface area contributed by atoms with Crippen LogP contribution in [0.4, 0.5) is 13.2 Å². The number of hydrogen-bond donors (Lipinski definition) is 0. The molecule has 5 heteroatoms. The molecule has 1 aliphatic rings. The average molecular weight is 333 g/mol. The summed E-state index contributed by atoms with van der Waals surface area (Å²) in [5.41, 5.74) is 0.713. The maximum atomic E-state index is 13.9. The van der Waals surface area contributed by atoms with Gasteiger partial charge in [-0.25, -0.2) is 13.2 Å². The Labute approximate surface area is 138 Å². The lowest BCUT2D eigenvalue weighted by Gasteiger charge is -2.25. The molecular formula is C19H18F3NO. The van der Waals surface area contributed by atoms with Crippen molar-refractivity contribution in [2.45, 2.75) is 25.2 Å². The van der Waals surface area contributed by atoms with E-state index >= 15 is 0 Å². The summed E-state index contributed by atoms with van der Waals surface area (Å²) in [6, 6.07) is 11.6. The zero-order chi connectivity index (χ0) is 17.1. The topological polar surface area (TPSA) is 20.3 Å². The molecule has 2 nitrogen and oxygen atoms in total. The molecule has 3 rings (SSSR count). The number of carbonyl (C=O) groups is 1. The molecule has 2 aromatic carbocycles. The van der Waals surface area contributed by atoms with Crippen LogP contribution in [0, 0.1) is 17.5 Å². The lowest BCUT2D eigenvalue weighted by molar-refractivity contribution is 0.0748. The summed E-state index contributed by atoms with van der Waals surface area (Å²) in [5.74, 6) is -4.74. The van der Waals surface area contributed by atoms with Crippen molar-refractivity contribution in [2.24, 2.45) is 0 Å². The summed E-state index contributed by atoms with van der Waals surface area (Å²) in [5, 5.41) is 0. The molecule has 0 N–H and O–H groups in total. The van der Waals surface area contributed by atoms with Crippen molar-refractivity contribution in [3.63, 3.8) is 0 Å². The van der Waals surface area contributed by atoms with Crippen molar-refractivity contribution in [3.8, 4) is 0 Å². The van der Waals surface area contributed by atoms with Gasteiger partial charge < -0.3 is 4.90 Å². The summed E-state index contributed by atoms with van der Waals surface area (Å²) in [6.07, 6.45) is 2.71. The van der Waals surface area contributed by atoms with E-state index in [0.29, 0.717) is 13.1 Å². The van der Waals surface area contributed by atoms with Gasteiger partial charge in [0.1, 0.15) is 0 Å². The summed E-state index contributed by atoms with van der Waals surface area (Å²) in [7, 11) is 0. The second-order valence-electron chi connectivity index (χ2n) is 6.08. The Morgan fingerprint density at radius 1 is 0.958 bits per heavy atom. The molecule has 24 heavy (non-hydrogen) atoms. The van der Waals surface area contributed by atoms with Gasteiger partial charge in [0.2, 0.25) is 0 Å². The van der Waals surface area contributed by atoms with Gasteiger partial charge in [0.25, 0.3) is 5.91 Å². The summed E-state index contributed by atoms with van der Waals surface area (Å²) in [6.45, 7) is 0.932. The van der Waals surface area contributed by atoms with E-state index in [1.54, 1.807) is 4.90 Å². The Morgan fingerprint density at radius 3 is 2.46 bits per heavy atom. The maximum Gasteiger partial charge on any atom is 0.256 e. The largest absolute Gasteiger partial charge is 0.338 e. The van der Waals surface area contributed by atoms with E-state index in [0.717, 1.165) is 37.0 Å². The third kappa shape index (κ3) is 3.30. The fourth-order valence-corrected chi connectivity index (χ4v) is 3.19. The fourth-order valence-electron chi connectivity index (χ4n) is 3.19. The minimum absolute atomic E-state index is 0.158. The van der Waals surface area contributed by atoms with Gasteiger partial charge in [-0.2, -0.15) is 0 Å². The molecule has 2 aromatic rings. The Kier molecular flexibility index (Phi) is 4.88. The van der Waals surface area contributed by atoms with E-state index in [-0.39, 0.29) is 5.92 Å². The van der Waals surface area contributed by atoms with Crippen LogP contribution in [0.3, 0.4) is 0 Å². The number of rotatable bonds is 2. The molecule has 0 bridgehead atoms. The number of carbonyl (C=O) groups excluding carboxylic acids is 1. The SMILES string of the molecule is O=C(c1ccc(F)c(F)c1F)N1CCCCC(c2ccccc2)C1. The Morgan fingerprint density at radius 2 is 1.71 bits per heavy atom. The third-order valence-corrected chi connectivity index (χ3v) is 4.50. The van der Waals surface area contributed by atoms with Crippen LogP contribution in [0.25, 0.3) is 0 Å². The molecular weight excluding hydrogens is 315 g/mol. The molecule has 0 radical (unpaired) electrons. The van der Waals surface area contributed by atoms with Crippen molar-refractivity contribution < 1.29 is 18.0 Å². The van der Waals surface area contributed by atoms with Crippen molar-refractivity contribution in [3.05, 3.63) is 71.0 Å². The summed E-state index contributed by atoms with van der Waals surface area (Å²) < 4.78 is 40.4. The number of hydrogen-bond acceptors (Lipinski definition) is 1. The van der Waals surface area contributed by atoms with E-state index in [1.807, 2.05) is 30.3 Å². The number of nitrogens with zero attached hydrogens (tertiary/aromatic N) is 1. The van der Waals surface area contributed by atoms with Gasteiger partial charge >= 0.3 is 0 Å². The van der Waals surface area contributed by atoms with E-state index in [9.17, 15) is 18.0 Å². The standard InChI is InChI=1S/C19H18F3NO/c20-16-10-9-15(17(21)18(16)22)19(24)23-11-5-4-8-14(12-23)13-6-2-1-3-7-13/h1-3,6-7,9-10,14H,4-5,8,11-12H2. The second kappa shape index (κ2) is 7.07. The van der Waals surface area contributed by atoms with Crippen LogP contribution in [-0.2, 0) is 0 Å². The zero-order valence-electron chi connectivity index (χ0n) is 13.1. The molecule has 126 valence electrons. The predicted octanol–water partition coefficient (Wildman–Crippen LogP) is 4.51. The van der Waals surface area contributed by atoms with Gasteiger partial charge in [-0.15, -0.1) is 0 Å². The van der Waals surface area contributed by atoms with Gasteiger partial charge in [0.15, 0.2) is 17.5 Å². The van der Waals surface area contributed by atoms with Gasteiger partial charge in [0.05, 0.1) is 5.56 Å². The molecule has 1 saturated heterocycles. The molecule has 1 unspecified atom stereocenters. The average Bonchev–Trinajstić information content (AvgIpc) is 2.86. The third-order valence-electron chi connectivity index (χ3n) is 4.50. The van der Waals surface area contributed by atoms with Crippen LogP contribution < -0.4 is 0 Å². The molecule has 1 amide bonds. The highest BCUT2D eigenvalue weighted by atomic mass is 19.2. The Balaban J connectivity index is 1.85. The smallest absolute Gasteiger partial charge is 0.256 e. The van der Waals surface area contributed by atoms with Crippen LogP contribution in [-0.4, -0.2) is 23.9 Å². The first kappa shape index (κ1) is 16.6. The molecule has 0 aromatic heterocycles. The van der Waals surface area contributed by atoms with Gasteiger partial charge in [-0.1, -0.05) is 36.8 Å². The summed E-state index contributed by atoms with van der Waals surface area (Å²) >= 11 is 0. The number of benzene rings is 2. The van der Waals surface area contributed by atoms with E-state index in [4.69, 9.17) is 0 Å². The highest BCUT2D eigenvalue weighted by Gasteiger charge is 2.27. The van der Waals surface area contributed by atoms with Gasteiger partial charge in [-0.3, -0.25) is 4.79 Å². The van der Waals surface area contributed by atoms with Crippen molar-refractivity contribution >= 4 is 5.91 Å². The lowest BCUT2D eigenvalue weighted by atomic mass is 9.94. The number of likely N-dealkylation sites (tertiary alicyclic amines) is 1. The van der Waals surface area contributed by atoms with Crippen molar-refractivity contribution in [2.75, 3.05) is 13.1 Å². The normalized spacial score (nSPS) is 18.3. The van der Waals surface area contributed by atoms with E-state index in [1.165, 1.54) is 0 Å². The van der Waals surface area contributed by atoms with E-state index < -0.39 is 28.9 Å². The van der Waals surface area contributed by atoms with Crippen LogP contribution in [0.5, 0.6) is 0 Å². The Bertz CT molecular complexity index is 733. The first-order valence-corrected chi connectivity index (χ1v) is 8.05. The minimum atomic E-state index is -1.60. The van der Waals surface area contributed by atoms with Crippen LogP contribution >= 0.6 is 0 Å². The van der Waals surface area contributed by atoms with Gasteiger partial charge in [0, 0.05) is 19.0 Å². The monoisotopic (exact) mass is 333 g/mol. The maximum absolute atomic E-state index is 13.9. The number of halogens is 3. The lowest BCUT2D eigenvalue weighted by Crippen LogP contribution is -2.34. The quantitative estimate of drug-likeness (QED) is 0.740. The minimum Gasteiger partial charge on any atom is -0.338 e. The molecule has 1 heterocycles. The molecule has 0 aliphatic carbocycles. The second-order valence-corrected chi connectivity index (χ2v) is 6.08. The zero-order valence-corrected chi connectivity index (χ0v) is 13.1. The van der Waals surface area contributed by atoms with Crippen molar-refractivity contribution in [1.29, 1.82) is 0 Å². The highest BCUT2D eigenvalue weighted by molar-refractivity contribution is 5.94. The molecule has 1 aliphatic heterocycles. The van der Waals surface area contributed by atoms with Crippen LogP contribution in [0.2, 0.25) is 0 Å². The summed E-state index contributed by atoms with van der Waals surface area (Å²) in [4.78, 5) is 14.2. The Hall–Kier alpha value is -2.30. The van der Waals surface area contributed by atoms with Crippen LogP contribution in [0.15, 0.2) is 42.5 Å². The first-order chi connectivity index (χ1) is 11.6. The highest BCUT2D eigenvalue weighted by Crippen LogP contribution is 2.28. The molecule has 1 fully saturated rings. The van der Waals surface area contributed by atoms with E-state index in [2.05, 4.69) is 0 Å². The molecule has 0 saturated carbocycles. The molecule has 0 spiro atoms.